The van der Waals surface area contributed by atoms with E-state index in [4.69, 9.17) is 6.42 Å². The highest BCUT2D eigenvalue weighted by molar-refractivity contribution is 6.05. The Balaban J connectivity index is 2.59. The van der Waals surface area contributed by atoms with E-state index in [9.17, 15) is 9.59 Å². The summed E-state index contributed by atoms with van der Waals surface area (Å²) in [7, 11) is 0. The molecule has 2 unspecified atom stereocenters. The standard InChI is InChI=1S/C13H20N2O2/c1-4-7-10(6-3)14-11-9-12(16)15(8-5-2)13(11)17/h1,10-11,14H,5-9H2,2-3H3. The molecule has 0 saturated carbocycles. The van der Waals surface area contributed by atoms with Crippen molar-refractivity contribution in [1.29, 1.82) is 0 Å². The van der Waals surface area contributed by atoms with Crippen LogP contribution in [0.15, 0.2) is 0 Å². The van der Waals surface area contributed by atoms with Gasteiger partial charge in [-0.25, -0.2) is 0 Å². The van der Waals surface area contributed by atoms with Crippen LogP contribution in [0.25, 0.3) is 0 Å². The van der Waals surface area contributed by atoms with Crippen LogP contribution in [0, 0.1) is 12.3 Å². The van der Waals surface area contributed by atoms with Crippen molar-refractivity contribution in [3.8, 4) is 12.3 Å². The van der Waals surface area contributed by atoms with Crippen molar-refractivity contribution in [1.82, 2.24) is 10.2 Å². The second-order valence-corrected chi connectivity index (χ2v) is 4.32. The number of carbonyl (C=O) groups excluding carboxylic acids is 2. The second kappa shape index (κ2) is 6.41. The van der Waals surface area contributed by atoms with Gasteiger partial charge in [0.2, 0.25) is 11.8 Å². The van der Waals surface area contributed by atoms with Gasteiger partial charge < -0.3 is 5.32 Å². The summed E-state index contributed by atoms with van der Waals surface area (Å²) in [4.78, 5) is 24.9. The Kier molecular flexibility index (Phi) is 5.17. The Labute approximate surface area is 103 Å². The fraction of sp³-hybridized carbons (Fsp3) is 0.692. The summed E-state index contributed by atoms with van der Waals surface area (Å²) in [6.45, 7) is 4.48. The Morgan fingerprint density at radius 2 is 2.24 bits per heavy atom. The highest BCUT2D eigenvalue weighted by Gasteiger charge is 2.38. The Hall–Kier alpha value is -1.34. The molecule has 0 aromatic rings. The number of likely N-dealkylation sites (tertiary alicyclic amines) is 1. The molecule has 0 spiro atoms. The smallest absolute Gasteiger partial charge is 0.246 e. The van der Waals surface area contributed by atoms with Crippen LogP contribution in [-0.4, -0.2) is 35.3 Å². The van der Waals surface area contributed by atoms with Crippen LogP contribution in [-0.2, 0) is 9.59 Å². The molecule has 1 heterocycles. The minimum absolute atomic E-state index is 0.0788. The van der Waals surface area contributed by atoms with Gasteiger partial charge in [-0.15, -0.1) is 12.3 Å². The number of carbonyl (C=O) groups is 2. The number of amides is 2. The van der Waals surface area contributed by atoms with E-state index in [1.165, 1.54) is 4.90 Å². The van der Waals surface area contributed by atoms with Crippen molar-refractivity contribution < 1.29 is 9.59 Å². The zero-order valence-electron chi connectivity index (χ0n) is 10.5. The fourth-order valence-electron chi connectivity index (χ4n) is 2.02. The van der Waals surface area contributed by atoms with Gasteiger partial charge in [0.1, 0.15) is 0 Å². The zero-order valence-corrected chi connectivity index (χ0v) is 10.5. The molecular formula is C13H20N2O2. The molecule has 0 radical (unpaired) electrons. The van der Waals surface area contributed by atoms with E-state index in [2.05, 4.69) is 11.2 Å². The summed E-state index contributed by atoms with van der Waals surface area (Å²) in [6.07, 6.45) is 7.77. The topological polar surface area (TPSA) is 49.4 Å². The van der Waals surface area contributed by atoms with Crippen LogP contribution in [0.1, 0.15) is 39.5 Å². The van der Waals surface area contributed by atoms with Gasteiger partial charge in [0.15, 0.2) is 0 Å². The van der Waals surface area contributed by atoms with E-state index in [1.807, 2.05) is 13.8 Å². The molecule has 17 heavy (non-hydrogen) atoms. The summed E-state index contributed by atoms with van der Waals surface area (Å²) >= 11 is 0. The average molecular weight is 236 g/mol. The predicted octanol–water partition coefficient (Wildman–Crippen LogP) is 0.915. The van der Waals surface area contributed by atoms with Crippen LogP contribution in [0.5, 0.6) is 0 Å². The lowest BCUT2D eigenvalue weighted by atomic mass is 10.1. The first kappa shape index (κ1) is 13.7. The van der Waals surface area contributed by atoms with E-state index in [-0.39, 0.29) is 30.3 Å². The van der Waals surface area contributed by atoms with Crippen molar-refractivity contribution in [2.24, 2.45) is 0 Å². The predicted molar refractivity (Wildman–Crippen MR) is 66.1 cm³/mol. The molecule has 0 aliphatic carbocycles. The Morgan fingerprint density at radius 3 is 2.76 bits per heavy atom. The Morgan fingerprint density at radius 1 is 1.53 bits per heavy atom. The molecule has 1 N–H and O–H groups in total. The number of nitrogens with one attached hydrogen (secondary N) is 1. The summed E-state index contributed by atoms with van der Waals surface area (Å²) in [5.74, 6) is 2.40. The quantitative estimate of drug-likeness (QED) is 0.551. The number of hydrogen-bond acceptors (Lipinski definition) is 3. The molecule has 2 amide bonds. The molecule has 0 bridgehead atoms. The first-order valence-electron chi connectivity index (χ1n) is 6.17. The molecule has 1 aliphatic heterocycles. The maximum Gasteiger partial charge on any atom is 0.246 e. The molecule has 1 fully saturated rings. The zero-order chi connectivity index (χ0) is 12.8. The number of hydrogen-bond donors (Lipinski definition) is 1. The number of terminal acetylenes is 1. The monoisotopic (exact) mass is 236 g/mol. The summed E-state index contributed by atoms with van der Waals surface area (Å²) in [5, 5.41) is 3.18. The minimum Gasteiger partial charge on any atom is -0.302 e. The molecule has 0 aromatic heterocycles. The first-order valence-corrected chi connectivity index (χ1v) is 6.17. The van der Waals surface area contributed by atoms with E-state index in [1.54, 1.807) is 0 Å². The highest BCUT2D eigenvalue weighted by atomic mass is 16.2. The van der Waals surface area contributed by atoms with Crippen molar-refractivity contribution in [3.05, 3.63) is 0 Å². The minimum atomic E-state index is -0.382. The van der Waals surface area contributed by atoms with E-state index < -0.39 is 0 Å². The summed E-state index contributed by atoms with van der Waals surface area (Å²) in [6, 6.07) is -0.268. The van der Waals surface area contributed by atoms with Gasteiger partial charge in [0, 0.05) is 19.0 Å². The van der Waals surface area contributed by atoms with Crippen LogP contribution < -0.4 is 5.32 Å². The van der Waals surface area contributed by atoms with Crippen LogP contribution in [0.2, 0.25) is 0 Å². The molecule has 0 aromatic carbocycles. The first-order chi connectivity index (χ1) is 8.13. The van der Waals surface area contributed by atoms with Gasteiger partial charge in [0.25, 0.3) is 0 Å². The third kappa shape index (κ3) is 3.31. The van der Waals surface area contributed by atoms with Crippen LogP contribution in [0.4, 0.5) is 0 Å². The molecule has 1 saturated heterocycles. The highest BCUT2D eigenvalue weighted by Crippen LogP contribution is 2.15. The molecule has 2 atom stereocenters. The van der Waals surface area contributed by atoms with Crippen molar-refractivity contribution in [2.45, 2.75) is 51.6 Å². The number of rotatable bonds is 6. The molecule has 4 nitrogen and oxygen atoms in total. The van der Waals surface area contributed by atoms with Crippen LogP contribution in [0.3, 0.4) is 0 Å². The molecule has 1 rings (SSSR count). The largest absolute Gasteiger partial charge is 0.302 e. The number of nitrogens with zero attached hydrogens (tertiary/aromatic N) is 1. The van der Waals surface area contributed by atoms with Crippen molar-refractivity contribution >= 4 is 11.8 Å². The maximum absolute atomic E-state index is 12.0. The average Bonchev–Trinajstić information content (AvgIpc) is 2.57. The second-order valence-electron chi connectivity index (χ2n) is 4.32. The normalized spacial score (nSPS) is 21.7. The third-order valence-corrected chi connectivity index (χ3v) is 2.99. The Bertz CT molecular complexity index is 333. The lowest BCUT2D eigenvalue weighted by Crippen LogP contribution is -2.43. The van der Waals surface area contributed by atoms with Gasteiger partial charge in [-0.2, -0.15) is 0 Å². The van der Waals surface area contributed by atoms with Gasteiger partial charge in [-0.1, -0.05) is 13.8 Å². The van der Waals surface area contributed by atoms with Gasteiger partial charge >= 0.3 is 0 Å². The molecule has 94 valence electrons. The van der Waals surface area contributed by atoms with Gasteiger partial charge in [-0.3, -0.25) is 14.5 Å². The van der Waals surface area contributed by atoms with Crippen molar-refractivity contribution in [3.63, 3.8) is 0 Å². The van der Waals surface area contributed by atoms with Crippen LogP contribution >= 0.6 is 0 Å². The van der Waals surface area contributed by atoms with Gasteiger partial charge in [-0.05, 0) is 12.8 Å². The molecule has 1 aliphatic rings. The SMILES string of the molecule is C#CCC(CC)NC1CC(=O)N(CCC)C1=O. The summed E-state index contributed by atoms with van der Waals surface area (Å²) < 4.78 is 0. The van der Waals surface area contributed by atoms with E-state index >= 15 is 0 Å². The number of imide groups is 1. The molecule has 4 heteroatoms. The van der Waals surface area contributed by atoms with Gasteiger partial charge in [0.05, 0.1) is 12.5 Å². The van der Waals surface area contributed by atoms with Crippen molar-refractivity contribution in [2.75, 3.05) is 6.54 Å². The maximum atomic E-state index is 12.0. The molecular weight excluding hydrogens is 216 g/mol. The third-order valence-electron chi connectivity index (χ3n) is 2.99. The lowest BCUT2D eigenvalue weighted by Gasteiger charge is -2.19. The van der Waals surface area contributed by atoms with E-state index in [0.29, 0.717) is 13.0 Å². The fourth-order valence-corrected chi connectivity index (χ4v) is 2.02. The lowest BCUT2D eigenvalue weighted by molar-refractivity contribution is -0.138. The summed E-state index contributed by atoms with van der Waals surface area (Å²) in [5.41, 5.74) is 0. The van der Waals surface area contributed by atoms with E-state index in [0.717, 1.165) is 12.8 Å².